The maximum Gasteiger partial charge on any atom is 0.359 e. The molecule has 172 valence electrons. The van der Waals surface area contributed by atoms with E-state index < -0.39 is 44.0 Å². The number of nitrogens with zero attached hydrogens (tertiary/aromatic N) is 2. The molecule has 2 N–H and O–H groups in total. The van der Waals surface area contributed by atoms with Crippen molar-refractivity contribution < 1.29 is 27.9 Å². The normalized spacial score (nSPS) is 14.8. The number of aromatic nitrogens is 2. The Morgan fingerprint density at radius 2 is 1.97 bits per heavy atom. The fourth-order valence-corrected chi connectivity index (χ4v) is 3.45. The van der Waals surface area contributed by atoms with Gasteiger partial charge in [0.15, 0.2) is 6.35 Å². The number of carbonyl (C=O) groups is 1. The Hall–Kier alpha value is -1.74. The number of esters is 1. The van der Waals surface area contributed by atoms with Crippen molar-refractivity contribution in [3.63, 3.8) is 0 Å². The molecule has 10 nitrogen and oxygen atoms in total. The second kappa shape index (κ2) is 12.2. The van der Waals surface area contributed by atoms with E-state index in [9.17, 15) is 14.2 Å². The van der Waals surface area contributed by atoms with Gasteiger partial charge in [0.1, 0.15) is 12.0 Å². The molecule has 0 spiro atoms. The highest BCUT2D eigenvalue weighted by Crippen LogP contribution is 2.49. The molecular weight excluding hydrogens is 413 g/mol. The van der Waals surface area contributed by atoms with Gasteiger partial charge in [-0.1, -0.05) is 26.2 Å². The first-order valence-corrected chi connectivity index (χ1v) is 11.7. The Kier molecular flexibility index (Phi) is 10.7. The summed E-state index contributed by atoms with van der Waals surface area (Å²) in [5.74, 6) is -0.403. The molecule has 30 heavy (non-hydrogen) atoms. The quantitative estimate of drug-likeness (QED) is 0.208. The first kappa shape index (κ1) is 26.3. The van der Waals surface area contributed by atoms with Gasteiger partial charge in [-0.15, -0.1) is 0 Å². The first-order valence-electron chi connectivity index (χ1n) is 10.00. The van der Waals surface area contributed by atoms with Crippen molar-refractivity contribution >= 4 is 19.4 Å². The van der Waals surface area contributed by atoms with Gasteiger partial charge < -0.3 is 19.7 Å². The van der Waals surface area contributed by atoms with Gasteiger partial charge in [0, 0.05) is 6.20 Å². The average Bonchev–Trinajstić information content (AvgIpc) is 2.65. The van der Waals surface area contributed by atoms with Gasteiger partial charge in [0.25, 0.3) is 0 Å². The maximum absolute atomic E-state index is 13.1. The number of hydrogen-bond acceptors (Lipinski definition) is 9. The van der Waals surface area contributed by atoms with E-state index in [1.54, 1.807) is 27.7 Å². The molecule has 0 saturated carbocycles. The lowest BCUT2D eigenvalue weighted by atomic mass is 9.98. The summed E-state index contributed by atoms with van der Waals surface area (Å²) >= 11 is 0. The molecule has 0 aromatic carbocycles. The van der Waals surface area contributed by atoms with Crippen LogP contribution in [0.2, 0.25) is 0 Å². The van der Waals surface area contributed by atoms with Crippen molar-refractivity contribution in [2.45, 2.75) is 66.5 Å². The van der Waals surface area contributed by atoms with Gasteiger partial charge in [0.05, 0.1) is 12.0 Å². The van der Waals surface area contributed by atoms with E-state index >= 15 is 0 Å². The molecule has 0 aliphatic heterocycles. The second-order valence-electron chi connectivity index (χ2n) is 7.87. The Bertz CT molecular complexity index is 776. The van der Waals surface area contributed by atoms with Gasteiger partial charge in [-0.2, -0.15) is 4.98 Å². The summed E-state index contributed by atoms with van der Waals surface area (Å²) in [6.45, 7) is 8.45. The van der Waals surface area contributed by atoms with Crippen LogP contribution in [0.25, 0.3) is 0 Å². The summed E-state index contributed by atoms with van der Waals surface area (Å²) in [5.41, 5.74) is 4.16. The summed E-state index contributed by atoms with van der Waals surface area (Å²) < 4.78 is 35.6. The number of rotatable bonds is 13. The molecule has 1 aromatic rings. The van der Waals surface area contributed by atoms with E-state index in [0.29, 0.717) is 6.42 Å². The number of anilines is 1. The fraction of sp³-hybridized carbons (Fsp3) is 0.737. The van der Waals surface area contributed by atoms with Gasteiger partial charge in [-0.05, 0) is 40.2 Å². The Balaban J connectivity index is 2.72. The van der Waals surface area contributed by atoms with Gasteiger partial charge in [-0.25, -0.2) is 4.79 Å². The van der Waals surface area contributed by atoms with E-state index in [1.165, 1.54) is 16.8 Å². The topological polar surface area (TPSA) is 132 Å². The average molecular weight is 447 g/mol. The molecule has 1 aromatic heterocycles. The smallest absolute Gasteiger partial charge is 0.359 e. The predicted molar refractivity (Wildman–Crippen MR) is 113 cm³/mol. The molecule has 0 amide bonds. The van der Waals surface area contributed by atoms with Crippen molar-refractivity contribution in [3.8, 4) is 0 Å². The van der Waals surface area contributed by atoms with Crippen LogP contribution < -0.4 is 11.4 Å². The summed E-state index contributed by atoms with van der Waals surface area (Å²) in [4.78, 5) is 27.4. The first-order chi connectivity index (χ1) is 14.0. The second-order valence-corrected chi connectivity index (χ2v) is 9.87. The zero-order valence-electron chi connectivity index (χ0n) is 18.5. The van der Waals surface area contributed by atoms with Crippen LogP contribution >= 0.6 is 7.60 Å². The zero-order valence-corrected chi connectivity index (χ0v) is 19.4. The molecule has 0 aliphatic rings. The SMILES string of the molecule is CCCCCCOP(=O)(COC(C)n1ccc(N)nc1=O)OCOC(=O)C(C)(C)C. The van der Waals surface area contributed by atoms with Crippen LogP contribution in [-0.2, 0) is 27.9 Å². The maximum atomic E-state index is 13.1. The summed E-state index contributed by atoms with van der Waals surface area (Å²) in [6, 6.07) is 1.45. The minimum Gasteiger partial charge on any atom is -0.438 e. The van der Waals surface area contributed by atoms with Gasteiger partial charge in [0.2, 0.25) is 6.79 Å². The van der Waals surface area contributed by atoms with Crippen molar-refractivity contribution in [3.05, 3.63) is 22.7 Å². The van der Waals surface area contributed by atoms with Crippen LogP contribution in [0.4, 0.5) is 5.82 Å². The van der Waals surface area contributed by atoms with Gasteiger partial charge in [-0.3, -0.25) is 18.5 Å². The van der Waals surface area contributed by atoms with Crippen LogP contribution in [0, 0.1) is 5.41 Å². The highest BCUT2D eigenvalue weighted by atomic mass is 31.2. The summed E-state index contributed by atoms with van der Waals surface area (Å²) in [6.07, 6.45) is 3.95. The van der Waals surface area contributed by atoms with E-state index in [-0.39, 0.29) is 12.4 Å². The van der Waals surface area contributed by atoms with E-state index in [1.807, 2.05) is 0 Å². The Morgan fingerprint density at radius 3 is 2.57 bits per heavy atom. The number of nitrogen functional groups attached to an aromatic ring is 1. The number of unbranched alkanes of at least 4 members (excludes halogenated alkanes) is 3. The monoisotopic (exact) mass is 447 g/mol. The van der Waals surface area contributed by atoms with Crippen LogP contribution in [0.5, 0.6) is 0 Å². The highest BCUT2D eigenvalue weighted by molar-refractivity contribution is 7.53. The molecule has 2 atom stereocenters. The van der Waals surface area contributed by atoms with E-state index in [4.69, 9.17) is 24.3 Å². The molecule has 11 heteroatoms. The molecule has 0 fully saturated rings. The Morgan fingerprint density at radius 1 is 1.27 bits per heavy atom. The molecule has 0 aliphatic carbocycles. The number of nitrogens with two attached hydrogens (primary N) is 1. The van der Waals surface area contributed by atoms with Crippen molar-refractivity contribution in [1.29, 1.82) is 0 Å². The third kappa shape index (κ3) is 9.38. The third-order valence-corrected chi connectivity index (χ3v) is 5.59. The minimum atomic E-state index is -3.74. The molecule has 1 heterocycles. The third-order valence-electron chi connectivity index (χ3n) is 4.05. The number of ether oxygens (including phenoxy) is 2. The molecule has 2 unspecified atom stereocenters. The molecule has 0 saturated heterocycles. The van der Waals surface area contributed by atoms with Crippen LogP contribution in [0.1, 0.15) is 66.5 Å². The lowest BCUT2D eigenvalue weighted by Crippen LogP contribution is -2.27. The van der Waals surface area contributed by atoms with Gasteiger partial charge >= 0.3 is 19.3 Å². The fourth-order valence-electron chi connectivity index (χ4n) is 2.20. The van der Waals surface area contributed by atoms with E-state index in [0.717, 1.165) is 19.3 Å². The zero-order chi connectivity index (χ0) is 22.8. The molecule has 1 rings (SSSR count). The summed E-state index contributed by atoms with van der Waals surface area (Å²) in [7, 11) is -3.74. The Labute approximate surface area is 177 Å². The summed E-state index contributed by atoms with van der Waals surface area (Å²) in [5, 5.41) is 0. The van der Waals surface area contributed by atoms with Crippen molar-refractivity contribution in [1.82, 2.24) is 9.55 Å². The lowest BCUT2D eigenvalue weighted by Gasteiger charge is -2.22. The molecular formula is C19H34N3O7P. The van der Waals surface area contributed by atoms with Crippen LogP contribution in [0.3, 0.4) is 0 Å². The molecule has 0 radical (unpaired) electrons. The molecule has 0 bridgehead atoms. The van der Waals surface area contributed by atoms with Crippen molar-refractivity contribution in [2.75, 3.05) is 25.5 Å². The number of hydrogen-bond donors (Lipinski definition) is 1. The van der Waals surface area contributed by atoms with Crippen molar-refractivity contribution in [2.24, 2.45) is 5.41 Å². The van der Waals surface area contributed by atoms with E-state index in [2.05, 4.69) is 11.9 Å². The minimum absolute atomic E-state index is 0.0912. The standard InChI is InChI=1S/C19H34N3O7P/c1-6-7-8-9-12-28-30(25,29-13-26-17(23)19(3,4)5)14-27-15(2)22-11-10-16(20)21-18(22)24/h10-11,15H,6-9,12-14H2,1-5H3,(H2,20,21,24). The van der Waals surface area contributed by atoms with Crippen LogP contribution in [-0.4, -0.2) is 35.3 Å². The lowest BCUT2D eigenvalue weighted by molar-refractivity contribution is -0.160. The number of carbonyl (C=O) groups excluding carboxylic acids is 1. The van der Waals surface area contributed by atoms with Crippen LogP contribution in [0.15, 0.2) is 17.1 Å². The largest absolute Gasteiger partial charge is 0.438 e. The highest BCUT2D eigenvalue weighted by Gasteiger charge is 2.29. The predicted octanol–water partition coefficient (Wildman–Crippen LogP) is 3.67.